The molecule has 1 aliphatic carbocycles. The van der Waals surface area contributed by atoms with Gasteiger partial charge in [-0.25, -0.2) is 0 Å². The Kier molecular flexibility index (Phi) is 5.56. The SMILES string of the molecule is CC(C)C1CCC(C(=O)O)C(Cc2ccc(Cl)c(Cl)c2)C1. The van der Waals surface area contributed by atoms with Crippen molar-refractivity contribution in [3.8, 4) is 0 Å². The lowest BCUT2D eigenvalue weighted by molar-refractivity contribution is -0.145. The van der Waals surface area contributed by atoms with E-state index in [1.165, 1.54) is 0 Å². The highest BCUT2D eigenvalue weighted by atomic mass is 35.5. The smallest absolute Gasteiger partial charge is 0.306 e. The molecule has 4 heteroatoms. The Morgan fingerprint density at radius 2 is 2.00 bits per heavy atom. The molecular weight excluding hydrogens is 307 g/mol. The van der Waals surface area contributed by atoms with Crippen LogP contribution in [0.5, 0.6) is 0 Å². The van der Waals surface area contributed by atoms with Crippen molar-refractivity contribution >= 4 is 29.2 Å². The fraction of sp³-hybridized carbons (Fsp3) is 0.588. The van der Waals surface area contributed by atoms with Gasteiger partial charge in [-0.15, -0.1) is 0 Å². The highest BCUT2D eigenvalue weighted by Gasteiger charge is 2.35. The Balaban J connectivity index is 2.15. The zero-order valence-corrected chi connectivity index (χ0v) is 14.0. The van der Waals surface area contributed by atoms with Crippen LogP contribution < -0.4 is 0 Å². The minimum Gasteiger partial charge on any atom is -0.481 e. The summed E-state index contributed by atoms with van der Waals surface area (Å²) < 4.78 is 0. The molecule has 0 amide bonds. The first-order valence-electron chi connectivity index (χ1n) is 7.55. The van der Waals surface area contributed by atoms with E-state index in [2.05, 4.69) is 13.8 Å². The molecule has 116 valence electrons. The van der Waals surface area contributed by atoms with Crippen LogP contribution in [0.2, 0.25) is 10.0 Å². The molecule has 3 unspecified atom stereocenters. The molecule has 3 atom stereocenters. The third-order valence-electron chi connectivity index (χ3n) is 4.76. The highest BCUT2D eigenvalue weighted by molar-refractivity contribution is 6.42. The summed E-state index contributed by atoms with van der Waals surface area (Å²) in [7, 11) is 0. The third kappa shape index (κ3) is 4.14. The van der Waals surface area contributed by atoms with Crippen LogP contribution in [0.4, 0.5) is 0 Å². The van der Waals surface area contributed by atoms with Crippen molar-refractivity contribution in [1.29, 1.82) is 0 Å². The Labute approximate surface area is 136 Å². The zero-order valence-electron chi connectivity index (χ0n) is 12.5. The minimum atomic E-state index is -0.665. The monoisotopic (exact) mass is 328 g/mol. The van der Waals surface area contributed by atoms with Gasteiger partial charge in [0.15, 0.2) is 0 Å². The highest BCUT2D eigenvalue weighted by Crippen LogP contribution is 2.39. The molecule has 1 aromatic rings. The van der Waals surface area contributed by atoms with Crippen LogP contribution in [-0.2, 0) is 11.2 Å². The number of hydrogen-bond donors (Lipinski definition) is 1. The van der Waals surface area contributed by atoms with Crippen molar-refractivity contribution in [3.05, 3.63) is 33.8 Å². The lowest BCUT2D eigenvalue weighted by atomic mass is 9.69. The number of halogens is 2. The van der Waals surface area contributed by atoms with E-state index in [4.69, 9.17) is 23.2 Å². The Bertz CT molecular complexity index is 514. The zero-order chi connectivity index (χ0) is 15.6. The largest absolute Gasteiger partial charge is 0.481 e. The number of benzene rings is 1. The molecule has 21 heavy (non-hydrogen) atoms. The number of carboxylic acid groups (broad SMARTS) is 1. The van der Waals surface area contributed by atoms with Gasteiger partial charge in [-0.05, 0) is 61.1 Å². The van der Waals surface area contributed by atoms with Crippen LogP contribution in [0.3, 0.4) is 0 Å². The summed E-state index contributed by atoms with van der Waals surface area (Å²) in [4.78, 5) is 11.5. The predicted octanol–water partition coefficient (Wildman–Crippen LogP) is 5.31. The topological polar surface area (TPSA) is 37.3 Å². The second-order valence-corrected chi connectivity index (χ2v) is 7.29. The van der Waals surface area contributed by atoms with Gasteiger partial charge in [0.25, 0.3) is 0 Å². The molecule has 1 aromatic carbocycles. The van der Waals surface area contributed by atoms with Gasteiger partial charge in [0, 0.05) is 0 Å². The van der Waals surface area contributed by atoms with Gasteiger partial charge in [0.1, 0.15) is 0 Å². The maximum absolute atomic E-state index is 11.5. The van der Waals surface area contributed by atoms with E-state index in [0.29, 0.717) is 21.9 Å². The van der Waals surface area contributed by atoms with Gasteiger partial charge < -0.3 is 5.11 Å². The molecule has 0 aromatic heterocycles. The van der Waals surface area contributed by atoms with Crippen LogP contribution in [0.15, 0.2) is 18.2 Å². The van der Waals surface area contributed by atoms with Gasteiger partial charge in [0.2, 0.25) is 0 Å². The molecule has 1 N–H and O–H groups in total. The van der Waals surface area contributed by atoms with Gasteiger partial charge >= 0.3 is 5.97 Å². The normalized spacial score (nSPS) is 26.0. The van der Waals surface area contributed by atoms with Crippen LogP contribution in [-0.4, -0.2) is 11.1 Å². The summed E-state index contributed by atoms with van der Waals surface area (Å²) in [6.45, 7) is 4.45. The van der Waals surface area contributed by atoms with Crippen molar-refractivity contribution in [1.82, 2.24) is 0 Å². The maximum atomic E-state index is 11.5. The summed E-state index contributed by atoms with van der Waals surface area (Å²) >= 11 is 12.0. The van der Waals surface area contributed by atoms with Gasteiger partial charge in [-0.3, -0.25) is 4.79 Å². The first-order valence-corrected chi connectivity index (χ1v) is 8.30. The van der Waals surface area contributed by atoms with Gasteiger partial charge in [-0.2, -0.15) is 0 Å². The molecule has 0 saturated heterocycles. The van der Waals surface area contributed by atoms with E-state index in [1.54, 1.807) is 6.07 Å². The summed E-state index contributed by atoms with van der Waals surface area (Å²) in [6, 6.07) is 5.60. The molecule has 1 aliphatic rings. The molecule has 2 nitrogen and oxygen atoms in total. The fourth-order valence-corrected chi connectivity index (χ4v) is 3.75. The molecule has 1 fully saturated rings. The molecular formula is C17H22Cl2O2. The van der Waals surface area contributed by atoms with Gasteiger partial charge in [0.05, 0.1) is 16.0 Å². The Hall–Kier alpha value is -0.730. The average molecular weight is 329 g/mol. The number of carbonyl (C=O) groups is 1. The first kappa shape index (κ1) is 16.6. The number of rotatable bonds is 4. The summed E-state index contributed by atoms with van der Waals surface area (Å²) in [6.07, 6.45) is 3.54. The standard InChI is InChI=1S/C17H22Cl2O2/c1-10(2)12-4-5-14(17(20)21)13(9-12)7-11-3-6-15(18)16(19)8-11/h3,6,8,10,12-14H,4-5,7,9H2,1-2H3,(H,20,21). The molecule has 0 aliphatic heterocycles. The molecule has 1 saturated carbocycles. The first-order chi connectivity index (χ1) is 9.88. The number of carboxylic acids is 1. The molecule has 0 radical (unpaired) electrons. The van der Waals surface area contributed by atoms with Crippen LogP contribution in [0.25, 0.3) is 0 Å². The molecule has 0 bridgehead atoms. The van der Waals surface area contributed by atoms with Crippen molar-refractivity contribution < 1.29 is 9.90 Å². The lowest BCUT2D eigenvalue weighted by Gasteiger charge is -2.36. The second-order valence-electron chi connectivity index (χ2n) is 6.47. The molecule has 2 rings (SSSR count). The second kappa shape index (κ2) is 7.02. The van der Waals surface area contributed by atoms with E-state index in [0.717, 1.165) is 31.2 Å². The summed E-state index contributed by atoms with van der Waals surface area (Å²) in [5.74, 6) is 0.502. The van der Waals surface area contributed by atoms with Crippen molar-refractivity contribution in [2.75, 3.05) is 0 Å². The summed E-state index contributed by atoms with van der Waals surface area (Å²) in [5.41, 5.74) is 1.07. The third-order valence-corrected chi connectivity index (χ3v) is 5.50. The van der Waals surface area contributed by atoms with E-state index >= 15 is 0 Å². The number of aliphatic carboxylic acids is 1. The van der Waals surface area contributed by atoms with Crippen LogP contribution >= 0.6 is 23.2 Å². The number of hydrogen-bond acceptors (Lipinski definition) is 1. The van der Waals surface area contributed by atoms with E-state index in [9.17, 15) is 9.90 Å². The molecule has 0 spiro atoms. The van der Waals surface area contributed by atoms with Crippen LogP contribution in [0, 0.1) is 23.7 Å². The van der Waals surface area contributed by atoms with Crippen molar-refractivity contribution in [2.24, 2.45) is 23.7 Å². The van der Waals surface area contributed by atoms with Crippen molar-refractivity contribution in [3.63, 3.8) is 0 Å². The maximum Gasteiger partial charge on any atom is 0.306 e. The van der Waals surface area contributed by atoms with E-state index in [1.807, 2.05) is 12.1 Å². The van der Waals surface area contributed by atoms with E-state index < -0.39 is 5.97 Å². The Morgan fingerprint density at radius 3 is 2.57 bits per heavy atom. The van der Waals surface area contributed by atoms with E-state index in [-0.39, 0.29) is 11.8 Å². The minimum absolute atomic E-state index is 0.181. The molecule has 0 heterocycles. The fourth-order valence-electron chi connectivity index (χ4n) is 3.43. The average Bonchev–Trinajstić information content (AvgIpc) is 2.42. The Morgan fingerprint density at radius 1 is 1.29 bits per heavy atom. The van der Waals surface area contributed by atoms with Crippen LogP contribution in [0.1, 0.15) is 38.7 Å². The predicted molar refractivity (Wildman–Crippen MR) is 87.0 cm³/mol. The van der Waals surface area contributed by atoms with Gasteiger partial charge in [-0.1, -0.05) is 43.1 Å². The van der Waals surface area contributed by atoms with Crippen molar-refractivity contribution in [2.45, 2.75) is 39.5 Å². The summed E-state index contributed by atoms with van der Waals surface area (Å²) in [5, 5.41) is 10.5. The quantitative estimate of drug-likeness (QED) is 0.813. The lowest BCUT2D eigenvalue weighted by Crippen LogP contribution is -2.33.